The molecule has 0 saturated carbocycles. The summed E-state index contributed by atoms with van der Waals surface area (Å²) in [6, 6.07) is 11.2. The summed E-state index contributed by atoms with van der Waals surface area (Å²) >= 11 is 7.69. The average Bonchev–Trinajstić information content (AvgIpc) is 3.22. The van der Waals surface area contributed by atoms with Crippen molar-refractivity contribution in [2.24, 2.45) is 0 Å². The van der Waals surface area contributed by atoms with Crippen LogP contribution in [0.4, 0.5) is 5.13 Å². The molecule has 1 heterocycles. The number of thiazole rings is 1. The molecule has 6 nitrogen and oxygen atoms in total. The molecule has 3 rings (SSSR count). The van der Waals surface area contributed by atoms with Crippen LogP contribution >= 0.6 is 22.9 Å². The van der Waals surface area contributed by atoms with E-state index in [4.69, 9.17) is 26.1 Å². The highest BCUT2D eigenvalue weighted by Crippen LogP contribution is 2.37. The fraction of sp³-hybridized carbons (Fsp3) is 0.333. The van der Waals surface area contributed by atoms with Crippen LogP contribution in [-0.2, 0) is 4.79 Å². The van der Waals surface area contributed by atoms with E-state index in [1.54, 1.807) is 37.3 Å². The number of halogens is 1. The first-order valence-corrected chi connectivity index (χ1v) is 11.7. The molecule has 0 saturated heterocycles. The third-order valence-electron chi connectivity index (χ3n) is 5.22. The number of methoxy groups -OCH3 is 2. The Morgan fingerprint density at radius 2 is 1.78 bits per heavy atom. The zero-order chi connectivity index (χ0) is 23.1. The van der Waals surface area contributed by atoms with Crippen molar-refractivity contribution in [2.45, 2.75) is 13.8 Å². The number of fused-ring (bicyclic) bond motifs is 1. The van der Waals surface area contributed by atoms with E-state index in [1.165, 1.54) is 11.3 Å². The third-order valence-corrected chi connectivity index (χ3v) is 6.61. The van der Waals surface area contributed by atoms with Crippen molar-refractivity contribution in [1.82, 2.24) is 9.88 Å². The van der Waals surface area contributed by atoms with Crippen LogP contribution in [0.25, 0.3) is 16.3 Å². The van der Waals surface area contributed by atoms with Gasteiger partial charge in [0.05, 0.1) is 24.4 Å². The molecular formula is C24H28ClN3O3S. The Morgan fingerprint density at radius 1 is 1.09 bits per heavy atom. The molecule has 0 bridgehead atoms. The number of amides is 1. The van der Waals surface area contributed by atoms with Crippen LogP contribution in [0.5, 0.6) is 11.5 Å². The SMILES string of the molecule is CCN(CC)CCN(C(=O)C=Cc1ccccc1Cl)c1nc2cc(OC)c(OC)cc2s1. The molecule has 0 radical (unpaired) electrons. The minimum absolute atomic E-state index is 0.143. The Morgan fingerprint density at radius 3 is 2.44 bits per heavy atom. The third kappa shape index (κ3) is 5.59. The number of carbonyl (C=O) groups is 1. The lowest BCUT2D eigenvalue weighted by Crippen LogP contribution is -2.38. The van der Waals surface area contributed by atoms with Crippen molar-refractivity contribution in [3.05, 3.63) is 53.1 Å². The lowest BCUT2D eigenvalue weighted by Gasteiger charge is -2.23. The van der Waals surface area contributed by atoms with Crippen LogP contribution in [0, 0.1) is 0 Å². The number of anilines is 1. The van der Waals surface area contributed by atoms with Crippen molar-refractivity contribution in [1.29, 1.82) is 0 Å². The Labute approximate surface area is 198 Å². The van der Waals surface area contributed by atoms with E-state index in [-0.39, 0.29) is 5.91 Å². The van der Waals surface area contributed by atoms with Gasteiger partial charge in [-0.05, 0) is 30.8 Å². The van der Waals surface area contributed by atoms with Crippen LogP contribution in [0.2, 0.25) is 5.02 Å². The van der Waals surface area contributed by atoms with Gasteiger partial charge < -0.3 is 14.4 Å². The van der Waals surface area contributed by atoms with Gasteiger partial charge in [0.25, 0.3) is 5.91 Å². The second-order valence-electron chi connectivity index (χ2n) is 7.04. The quantitative estimate of drug-likeness (QED) is 0.371. The molecule has 8 heteroatoms. The molecule has 0 spiro atoms. The van der Waals surface area contributed by atoms with Crippen LogP contribution in [0.15, 0.2) is 42.5 Å². The zero-order valence-electron chi connectivity index (χ0n) is 18.8. The first kappa shape index (κ1) is 24.0. The van der Waals surface area contributed by atoms with Crippen molar-refractivity contribution >= 4 is 50.3 Å². The summed E-state index contributed by atoms with van der Waals surface area (Å²) in [6.07, 6.45) is 3.30. The molecule has 0 aliphatic heterocycles. The smallest absolute Gasteiger partial charge is 0.252 e. The standard InChI is InChI=1S/C24H28ClN3O3S/c1-5-27(6-2)13-14-28(23(29)12-11-17-9-7-8-10-18(17)25)24-26-19-15-20(30-3)21(31-4)16-22(19)32-24/h7-12,15-16H,5-6,13-14H2,1-4H3. The van der Waals surface area contributed by atoms with E-state index in [0.29, 0.717) is 28.2 Å². The summed E-state index contributed by atoms with van der Waals surface area (Å²) in [5.74, 6) is 1.10. The van der Waals surface area contributed by atoms with Gasteiger partial charge in [0.2, 0.25) is 0 Å². The Hall–Kier alpha value is -2.61. The van der Waals surface area contributed by atoms with Gasteiger partial charge in [-0.15, -0.1) is 0 Å². The maximum atomic E-state index is 13.2. The number of rotatable bonds is 10. The van der Waals surface area contributed by atoms with E-state index in [1.807, 2.05) is 30.3 Å². The van der Waals surface area contributed by atoms with Gasteiger partial charge >= 0.3 is 0 Å². The van der Waals surface area contributed by atoms with Crippen molar-refractivity contribution < 1.29 is 14.3 Å². The van der Waals surface area contributed by atoms with Gasteiger partial charge in [0, 0.05) is 36.3 Å². The number of aromatic nitrogens is 1. The predicted octanol–water partition coefficient (Wildman–Crippen LogP) is 5.36. The molecule has 1 amide bonds. The number of likely N-dealkylation sites (N-methyl/N-ethyl adjacent to an activating group) is 1. The summed E-state index contributed by atoms with van der Waals surface area (Å²) in [5.41, 5.74) is 1.56. The van der Waals surface area contributed by atoms with Gasteiger partial charge in [0.15, 0.2) is 16.6 Å². The number of hydrogen-bond donors (Lipinski definition) is 0. The number of benzene rings is 2. The highest BCUT2D eigenvalue weighted by molar-refractivity contribution is 7.22. The van der Waals surface area contributed by atoms with Crippen molar-refractivity contribution in [2.75, 3.05) is 45.3 Å². The van der Waals surface area contributed by atoms with Gasteiger partial charge in [-0.3, -0.25) is 9.69 Å². The van der Waals surface area contributed by atoms with Crippen LogP contribution < -0.4 is 14.4 Å². The molecule has 0 unspecified atom stereocenters. The van der Waals surface area contributed by atoms with E-state index in [0.717, 1.165) is 35.4 Å². The van der Waals surface area contributed by atoms with E-state index < -0.39 is 0 Å². The Kier molecular flexibility index (Phi) is 8.50. The normalized spacial score (nSPS) is 11.4. The van der Waals surface area contributed by atoms with E-state index in [9.17, 15) is 4.79 Å². The molecule has 32 heavy (non-hydrogen) atoms. The monoisotopic (exact) mass is 473 g/mol. The molecule has 0 N–H and O–H groups in total. The fourth-order valence-electron chi connectivity index (χ4n) is 3.30. The first-order chi connectivity index (χ1) is 15.5. The average molecular weight is 474 g/mol. The molecule has 2 aromatic carbocycles. The largest absolute Gasteiger partial charge is 0.493 e. The Bertz CT molecular complexity index is 1050. The van der Waals surface area contributed by atoms with Gasteiger partial charge in [-0.1, -0.05) is 55.0 Å². The molecule has 1 aromatic heterocycles. The first-order valence-electron chi connectivity index (χ1n) is 10.5. The predicted molar refractivity (Wildman–Crippen MR) is 133 cm³/mol. The molecule has 0 aliphatic rings. The second-order valence-corrected chi connectivity index (χ2v) is 8.46. The zero-order valence-corrected chi connectivity index (χ0v) is 20.4. The highest BCUT2D eigenvalue weighted by Gasteiger charge is 2.20. The van der Waals surface area contributed by atoms with E-state index >= 15 is 0 Å². The molecular weight excluding hydrogens is 446 g/mol. The summed E-state index contributed by atoms with van der Waals surface area (Å²) in [4.78, 5) is 22.0. The number of nitrogens with zero attached hydrogens (tertiary/aromatic N) is 3. The maximum absolute atomic E-state index is 13.2. The van der Waals surface area contributed by atoms with Crippen molar-refractivity contribution in [3.63, 3.8) is 0 Å². The van der Waals surface area contributed by atoms with E-state index in [2.05, 4.69) is 18.7 Å². The van der Waals surface area contributed by atoms with Crippen LogP contribution in [0.3, 0.4) is 0 Å². The minimum Gasteiger partial charge on any atom is -0.493 e. The summed E-state index contributed by atoms with van der Waals surface area (Å²) < 4.78 is 11.7. The number of hydrogen-bond acceptors (Lipinski definition) is 6. The maximum Gasteiger partial charge on any atom is 0.252 e. The molecule has 0 aliphatic carbocycles. The molecule has 0 fully saturated rings. The summed E-state index contributed by atoms with van der Waals surface area (Å²) in [5, 5.41) is 1.24. The van der Waals surface area contributed by atoms with Gasteiger partial charge in [0.1, 0.15) is 0 Å². The molecule has 3 aromatic rings. The van der Waals surface area contributed by atoms with Crippen molar-refractivity contribution in [3.8, 4) is 11.5 Å². The Balaban J connectivity index is 1.94. The molecule has 0 atom stereocenters. The lowest BCUT2D eigenvalue weighted by atomic mass is 10.2. The number of carbonyl (C=O) groups excluding carboxylic acids is 1. The fourth-order valence-corrected chi connectivity index (χ4v) is 4.51. The van der Waals surface area contributed by atoms with Crippen LogP contribution in [0.1, 0.15) is 19.4 Å². The van der Waals surface area contributed by atoms with Gasteiger partial charge in [-0.25, -0.2) is 4.98 Å². The molecule has 170 valence electrons. The highest BCUT2D eigenvalue weighted by atomic mass is 35.5. The number of ether oxygens (including phenoxy) is 2. The summed E-state index contributed by atoms with van der Waals surface area (Å²) in [6.45, 7) is 7.35. The topological polar surface area (TPSA) is 54.9 Å². The summed E-state index contributed by atoms with van der Waals surface area (Å²) in [7, 11) is 3.20. The van der Waals surface area contributed by atoms with Crippen LogP contribution in [-0.4, -0.2) is 56.2 Å². The second kappa shape index (κ2) is 11.3. The minimum atomic E-state index is -0.143. The lowest BCUT2D eigenvalue weighted by molar-refractivity contribution is -0.114. The van der Waals surface area contributed by atoms with Gasteiger partial charge in [-0.2, -0.15) is 0 Å².